The molecule has 4 heteroatoms. The van der Waals surface area contributed by atoms with Crippen LogP contribution in [0.5, 0.6) is 0 Å². The smallest absolute Gasteiger partial charge is 0.224 e. The fourth-order valence-electron chi connectivity index (χ4n) is 3.14. The second-order valence-electron chi connectivity index (χ2n) is 5.61. The van der Waals surface area contributed by atoms with Crippen molar-refractivity contribution in [2.75, 3.05) is 33.4 Å². The molecule has 1 N–H and O–H groups in total. The van der Waals surface area contributed by atoms with Crippen molar-refractivity contribution in [3.8, 4) is 0 Å². The van der Waals surface area contributed by atoms with E-state index in [1.807, 2.05) is 11.9 Å². The summed E-state index contributed by atoms with van der Waals surface area (Å²) in [5.41, 5.74) is 0.0580. The molecule has 0 aromatic heterocycles. The average molecular weight is 254 g/mol. The molecule has 18 heavy (non-hydrogen) atoms. The number of carbonyl (C=O) groups excluding carboxylic acids is 1. The van der Waals surface area contributed by atoms with Gasteiger partial charge in [-0.1, -0.05) is 19.3 Å². The van der Waals surface area contributed by atoms with Gasteiger partial charge in [-0.2, -0.15) is 0 Å². The third-order valence-corrected chi connectivity index (χ3v) is 4.41. The van der Waals surface area contributed by atoms with Crippen molar-refractivity contribution in [1.82, 2.24) is 10.2 Å². The third-order valence-electron chi connectivity index (χ3n) is 4.41. The molecule has 0 bridgehead atoms. The number of amides is 1. The third kappa shape index (κ3) is 3.45. The molecule has 1 amide bonds. The average Bonchev–Trinajstić information content (AvgIpc) is 2.68. The van der Waals surface area contributed by atoms with E-state index >= 15 is 0 Å². The summed E-state index contributed by atoms with van der Waals surface area (Å²) in [4.78, 5) is 14.4. The number of ether oxygens (including phenoxy) is 1. The Morgan fingerprint density at radius 2 is 1.94 bits per heavy atom. The largest absolute Gasteiger partial charge is 0.380 e. The summed E-state index contributed by atoms with van der Waals surface area (Å²) in [7, 11) is 2.00. The standard InChI is InChI=1S/C14H26N2O2/c1-15-14(6-3-2-4-7-14)12-13(17)16-8-5-10-18-11-9-16/h15H,2-12H2,1H3. The van der Waals surface area contributed by atoms with Crippen LogP contribution in [0.4, 0.5) is 0 Å². The highest BCUT2D eigenvalue weighted by Gasteiger charge is 2.34. The van der Waals surface area contributed by atoms with Crippen molar-refractivity contribution in [2.24, 2.45) is 0 Å². The predicted octanol–water partition coefficient (Wildman–Crippen LogP) is 1.55. The SMILES string of the molecule is CNC1(CC(=O)N2CCCOCC2)CCCCC1. The lowest BCUT2D eigenvalue weighted by atomic mass is 9.79. The second kappa shape index (κ2) is 6.53. The summed E-state index contributed by atoms with van der Waals surface area (Å²) in [5, 5.41) is 3.42. The van der Waals surface area contributed by atoms with Crippen molar-refractivity contribution in [3.63, 3.8) is 0 Å². The van der Waals surface area contributed by atoms with Crippen molar-refractivity contribution in [2.45, 2.75) is 50.5 Å². The Labute approximate surface area is 110 Å². The molecule has 4 nitrogen and oxygen atoms in total. The summed E-state index contributed by atoms with van der Waals surface area (Å²) in [5.74, 6) is 0.303. The van der Waals surface area contributed by atoms with Gasteiger partial charge in [0.25, 0.3) is 0 Å². The number of hydrogen-bond donors (Lipinski definition) is 1. The van der Waals surface area contributed by atoms with E-state index in [4.69, 9.17) is 4.74 Å². The van der Waals surface area contributed by atoms with E-state index in [1.165, 1.54) is 19.3 Å². The quantitative estimate of drug-likeness (QED) is 0.831. The highest BCUT2D eigenvalue weighted by Crippen LogP contribution is 2.31. The molecule has 1 saturated carbocycles. The fraction of sp³-hybridized carbons (Fsp3) is 0.929. The normalized spacial score (nSPS) is 24.6. The van der Waals surface area contributed by atoms with Crippen LogP contribution in [0.1, 0.15) is 44.9 Å². The first-order valence-corrected chi connectivity index (χ1v) is 7.30. The van der Waals surface area contributed by atoms with Gasteiger partial charge in [0.1, 0.15) is 0 Å². The van der Waals surface area contributed by atoms with Crippen LogP contribution >= 0.6 is 0 Å². The zero-order chi connectivity index (χ0) is 12.8. The van der Waals surface area contributed by atoms with Crippen LogP contribution in [0.3, 0.4) is 0 Å². The van der Waals surface area contributed by atoms with Gasteiger partial charge in [-0.15, -0.1) is 0 Å². The molecule has 0 aromatic carbocycles. The molecular weight excluding hydrogens is 228 g/mol. The van der Waals surface area contributed by atoms with Gasteiger partial charge in [-0.25, -0.2) is 0 Å². The second-order valence-corrected chi connectivity index (χ2v) is 5.61. The van der Waals surface area contributed by atoms with Crippen LogP contribution in [0.2, 0.25) is 0 Å². The van der Waals surface area contributed by atoms with Crippen molar-refractivity contribution in [1.29, 1.82) is 0 Å². The van der Waals surface area contributed by atoms with Gasteiger partial charge in [0.15, 0.2) is 0 Å². The Bertz CT molecular complexity index is 267. The molecule has 1 aliphatic carbocycles. The molecule has 2 aliphatic rings. The van der Waals surface area contributed by atoms with Gasteiger partial charge >= 0.3 is 0 Å². The molecule has 1 heterocycles. The minimum atomic E-state index is 0.0580. The van der Waals surface area contributed by atoms with Gasteiger partial charge in [0, 0.05) is 31.7 Å². The predicted molar refractivity (Wildman–Crippen MR) is 71.5 cm³/mol. The van der Waals surface area contributed by atoms with Gasteiger partial charge < -0.3 is 15.0 Å². The van der Waals surface area contributed by atoms with Gasteiger partial charge in [-0.05, 0) is 26.3 Å². The molecule has 0 spiro atoms. The monoisotopic (exact) mass is 254 g/mol. The first-order valence-electron chi connectivity index (χ1n) is 7.30. The van der Waals surface area contributed by atoms with Gasteiger partial charge in [0.2, 0.25) is 5.91 Å². The van der Waals surface area contributed by atoms with Gasteiger partial charge in [0.05, 0.1) is 6.61 Å². The minimum Gasteiger partial charge on any atom is -0.380 e. The Morgan fingerprint density at radius 1 is 1.17 bits per heavy atom. The molecule has 104 valence electrons. The van der Waals surface area contributed by atoms with Crippen molar-refractivity contribution < 1.29 is 9.53 Å². The van der Waals surface area contributed by atoms with E-state index in [9.17, 15) is 4.79 Å². The Kier molecular flexibility index (Phi) is 5.01. The number of nitrogens with zero attached hydrogens (tertiary/aromatic N) is 1. The first kappa shape index (κ1) is 13.8. The van der Waals surface area contributed by atoms with Crippen molar-refractivity contribution in [3.05, 3.63) is 0 Å². The zero-order valence-corrected chi connectivity index (χ0v) is 11.5. The first-order chi connectivity index (χ1) is 8.76. The number of carbonyl (C=O) groups is 1. The van der Waals surface area contributed by atoms with E-state index in [2.05, 4.69) is 5.32 Å². The van der Waals surface area contributed by atoms with E-state index < -0.39 is 0 Å². The number of hydrogen-bond acceptors (Lipinski definition) is 3. The zero-order valence-electron chi connectivity index (χ0n) is 11.5. The Hall–Kier alpha value is -0.610. The van der Waals surface area contributed by atoms with E-state index in [0.29, 0.717) is 18.9 Å². The number of rotatable bonds is 3. The maximum Gasteiger partial charge on any atom is 0.224 e. The fourth-order valence-corrected chi connectivity index (χ4v) is 3.14. The Morgan fingerprint density at radius 3 is 2.67 bits per heavy atom. The molecule has 0 atom stereocenters. The lowest BCUT2D eigenvalue weighted by molar-refractivity contribution is -0.133. The summed E-state index contributed by atoms with van der Waals surface area (Å²) < 4.78 is 5.41. The number of nitrogens with one attached hydrogen (secondary N) is 1. The van der Waals surface area contributed by atoms with Crippen LogP contribution in [0.25, 0.3) is 0 Å². The topological polar surface area (TPSA) is 41.6 Å². The van der Waals surface area contributed by atoms with Crippen LogP contribution in [-0.2, 0) is 9.53 Å². The van der Waals surface area contributed by atoms with E-state index in [1.54, 1.807) is 0 Å². The van der Waals surface area contributed by atoms with Crippen molar-refractivity contribution >= 4 is 5.91 Å². The summed E-state index contributed by atoms with van der Waals surface area (Å²) in [6, 6.07) is 0. The lowest BCUT2D eigenvalue weighted by Gasteiger charge is -2.38. The lowest BCUT2D eigenvalue weighted by Crippen LogP contribution is -2.49. The molecule has 0 aromatic rings. The highest BCUT2D eigenvalue weighted by molar-refractivity contribution is 5.77. The molecule has 1 aliphatic heterocycles. The van der Waals surface area contributed by atoms with Crippen LogP contribution < -0.4 is 5.32 Å². The summed E-state index contributed by atoms with van der Waals surface area (Å²) in [6.07, 6.45) is 7.71. The molecule has 2 rings (SSSR count). The minimum absolute atomic E-state index is 0.0580. The Balaban J connectivity index is 1.91. The highest BCUT2D eigenvalue weighted by atomic mass is 16.5. The summed E-state index contributed by atoms with van der Waals surface area (Å²) in [6.45, 7) is 3.11. The molecule has 0 radical (unpaired) electrons. The maximum absolute atomic E-state index is 12.4. The van der Waals surface area contributed by atoms with Crippen LogP contribution in [-0.4, -0.2) is 49.7 Å². The molecule has 2 fully saturated rings. The van der Waals surface area contributed by atoms with Gasteiger partial charge in [-0.3, -0.25) is 4.79 Å². The summed E-state index contributed by atoms with van der Waals surface area (Å²) >= 11 is 0. The molecule has 1 saturated heterocycles. The van der Waals surface area contributed by atoms with Crippen LogP contribution in [0.15, 0.2) is 0 Å². The van der Waals surface area contributed by atoms with E-state index in [0.717, 1.165) is 39.0 Å². The van der Waals surface area contributed by atoms with E-state index in [-0.39, 0.29) is 5.54 Å². The van der Waals surface area contributed by atoms with Crippen LogP contribution in [0, 0.1) is 0 Å². The molecule has 0 unspecified atom stereocenters. The molecular formula is C14H26N2O2. The maximum atomic E-state index is 12.4.